The molecule has 0 radical (unpaired) electrons. The van der Waals surface area contributed by atoms with Crippen LogP contribution in [0, 0.1) is 11.8 Å². The van der Waals surface area contributed by atoms with Gasteiger partial charge in [0, 0.05) is 6.61 Å². The van der Waals surface area contributed by atoms with Crippen molar-refractivity contribution in [3.05, 3.63) is 0 Å². The van der Waals surface area contributed by atoms with Crippen LogP contribution in [0.25, 0.3) is 0 Å². The minimum absolute atomic E-state index is 0.122. The minimum Gasteiger partial charge on any atom is -0.376 e. The van der Waals surface area contributed by atoms with Crippen molar-refractivity contribution >= 4 is 9.84 Å². The lowest BCUT2D eigenvalue weighted by atomic mass is 9.89. The van der Waals surface area contributed by atoms with E-state index < -0.39 is 9.84 Å². The predicted octanol–water partition coefficient (Wildman–Crippen LogP) is 2.24. The van der Waals surface area contributed by atoms with E-state index in [0.717, 1.165) is 32.4 Å². The number of nitrogens with one attached hydrogen (secondary N) is 1. The summed E-state index contributed by atoms with van der Waals surface area (Å²) < 4.78 is 29.1. The summed E-state index contributed by atoms with van der Waals surface area (Å²) in [6.45, 7) is 10.9. The molecule has 0 aromatic rings. The van der Waals surface area contributed by atoms with Crippen LogP contribution in [0.4, 0.5) is 0 Å². The molecule has 1 aliphatic rings. The molecule has 1 aliphatic heterocycles. The van der Waals surface area contributed by atoms with Crippen LogP contribution in [0.2, 0.25) is 0 Å². The van der Waals surface area contributed by atoms with Crippen molar-refractivity contribution in [3.8, 4) is 0 Å². The zero-order chi connectivity index (χ0) is 15.2. The molecule has 0 saturated carbocycles. The van der Waals surface area contributed by atoms with Crippen LogP contribution in [0.1, 0.15) is 47.0 Å². The second kappa shape index (κ2) is 7.76. The molecule has 0 amide bonds. The molecule has 5 heteroatoms. The van der Waals surface area contributed by atoms with Crippen molar-refractivity contribution in [1.29, 1.82) is 0 Å². The van der Waals surface area contributed by atoms with Gasteiger partial charge >= 0.3 is 0 Å². The molecule has 120 valence electrons. The number of sulfone groups is 1. The molecule has 0 aromatic heterocycles. The van der Waals surface area contributed by atoms with Gasteiger partial charge in [0.05, 0.1) is 17.1 Å². The molecule has 4 nitrogen and oxygen atoms in total. The van der Waals surface area contributed by atoms with Gasteiger partial charge in [-0.25, -0.2) is 8.42 Å². The van der Waals surface area contributed by atoms with Crippen LogP contribution in [0.15, 0.2) is 0 Å². The van der Waals surface area contributed by atoms with Crippen LogP contribution in [0.5, 0.6) is 0 Å². The second-order valence-corrected chi connectivity index (χ2v) is 9.11. The lowest BCUT2D eigenvalue weighted by molar-refractivity contribution is -0.0117. The van der Waals surface area contributed by atoms with Gasteiger partial charge < -0.3 is 10.1 Å². The average molecular weight is 305 g/mol. The van der Waals surface area contributed by atoms with Gasteiger partial charge in [0.15, 0.2) is 9.84 Å². The first-order chi connectivity index (χ1) is 9.23. The Kier molecular flexibility index (Phi) is 6.95. The van der Waals surface area contributed by atoms with Crippen LogP contribution in [-0.2, 0) is 14.6 Å². The van der Waals surface area contributed by atoms with Gasteiger partial charge in [-0.1, -0.05) is 6.92 Å². The van der Waals surface area contributed by atoms with Gasteiger partial charge in [-0.15, -0.1) is 0 Å². The predicted molar refractivity (Wildman–Crippen MR) is 83.7 cm³/mol. The Hall–Kier alpha value is -0.130. The highest BCUT2D eigenvalue weighted by atomic mass is 32.2. The third-order valence-corrected chi connectivity index (χ3v) is 5.59. The smallest absolute Gasteiger partial charge is 0.150 e. The normalized spacial score (nSPS) is 23.9. The Bertz CT molecular complexity index is 373. The first-order valence-electron chi connectivity index (χ1n) is 7.78. The molecular weight excluding hydrogens is 274 g/mol. The molecule has 1 saturated heterocycles. The molecule has 1 heterocycles. The van der Waals surface area contributed by atoms with E-state index in [-0.39, 0.29) is 5.60 Å². The maximum absolute atomic E-state index is 11.7. The first-order valence-corrected chi connectivity index (χ1v) is 9.61. The topological polar surface area (TPSA) is 55.4 Å². The average Bonchev–Trinajstić information content (AvgIpc) is 2.66. The van der Waals surface area contributed by atoms with Crippen molar-refractivity contribution in [2.45, 2.75) is 52.6 Å². The number of hydrogen-bond donors (Lipinski definition) is 1. The lowest BCUT2D eigenvalue weighted by Gasteiger charge is -2.26. The highest BCUT2D eigenvalue weighted by Gasteiger charge is 2.33. The van der Waals surface area contributed by atoms with E-state index in [0.29, 0.717) is 29.9 Å². The van der Waals surface area contributed by atoms with Gasteiger partial charge in [0.1, 0.15) is 0 Å². The third kappa shape index (κ3) is 7.04. The number of rotatable bonds is 8. The van der Waals surface area contributed by atoms with Gasteiger partial charge in [-0.3, -0.25) is 0 Å². The quantitative estimate of drug-likeness (QED) is 0.699. The molecule has 1 fully saturated rings. The van der Waals surface area contributed by atoms with E-state index >= 15 is 0 Å². The summed E-state index contributed by atoms with van der Waals surface area (Å²) in [5.41, 5.74) is -0.122. The standard InChI is InChI=1S/C15H31NO3S/c1-5-8-16-11-13(6-9-19-15(2,3)4)14-7-10-20(17,18)12-14/h13-14,16H,5-12H2,1-4H3. The Morgan fingerprint density at radius 2 is 2.05 bits per heavy atom. The molecule has 0 bridgehead atoms. The molecule has 0 aromatic carbocycles. The van der Waals surface area contributed by atoms with Gasteiger partial charge in [0.25, 0.3) is 0 Å². The van der Waals surface area contributed by atoms with Gasteiger partial charge in [0.2, 0.25) is 0 Å². The molecule has 0 spiro atoms. The minimum atomic E-state index is -2.79. The van der Waals surface area contributed by atoms with Crippen molar-refractivity contribution in [2.75, 3.05) is 31.2 Å². The summed E-state index contributed by atoms with van der Waals surface area (Å²) in [7, 11) is -2.79. The monoisotopic (exact) mass is 305 g/mol. The van der Waals surface area contributed by atoms with E-state index in [1.807, 2.05) is 0 Å². The summed E-state index contributed by atoms with van der Waals surface area (Å²) in [5.74, 6) is 1.43. The number of hydrogen-bond acceptors (Lipinski definition) is 4. The Labute approximate surface area is 124 Å². The molecule has 1 rings (SSSR count). The van der Waals surface area contributed by atoms with Gasteiger partial charge in [-0.2, -0.15) is 0 Å². The summed E-state index contributed by atoms with van der Waals surface area (Å²) in [5, 5.41) is 3.44. The third-order valence-electron chi connectivity index (χ3n) is 3.79. The van der Waals surface area contributed by atoms with E-state index in [1.165, 1.54) is 0 Å². The van der Waals surface area contributed by atoms with Crippen molar-refractivity contribution in [1.82, 2.24) is 5.32 Å². The fourth-order valence-corrected chi connectivity index (χ4v) is 4.60. The van der Waals surface area contributed by atoms with E-state index in [2.05, 4.69) is 33.0 Å². The molecule has 0 aliphatic carbocycles. The Morgan fingerprint density at radius 3 is 2.55 bits per heavy atom. The van der Waals surface area contributed by atoms with Gasteiger partial charge in [-0.05, 0) is 65.0 Å². The number of ether oxygens (including phenoxy) is 1. The first kappa shape index (κ1) is 17.9. The Balaban J connectivity index is 2.47. The lowest BCUT2D eigenvalue weighted by Crippen LogP contribution is -2.31. The van der Waals surface area contributed by atoms with Crippen LogP contribution in [-0.4, -0.2) is 45.2 Å². The fraction of sp³-hybridized carbons (Fsp3) is 1.00. The van der Waals surface area contributed by atoms with Crippen LogP contribution >= 0.6 is 0 Å². The van der Waals surface area contributed by atoms with Crippen LogP contribution < -0.4 is 5.32 Å². The highest BCUT2D eigenvalue weighted by molar-refractivity contribution is 7.91. The molecule has 1 N–H and O–H groups in total. The zero-order valence-corrected chi connectivity index (χ0v) is 14.3. The maximum Gasteiger partial charge on any atom is 0.150 e. The summed E-state index contributed by atoms with van der Waals surface area (Å²) in [6, 6.07) is 0. The molecular formula is C15H31NO3S. The highest BCUT2D eigenvalue weighted by Crippen LogP contribution is 2.28. The molecule has 2 atom stereocenters. The van der Waals surface area contributed by atoms with E-state index in [9.17, 15) is 8.42 Å². The van der Waals surface area contributed by atoms with E-state index in [4.69, 9.17) is 4.74 Å². The SMILES string of the molecule is CCCNCC(CCOC(C)(C)C)C1CCS(=O)(=O)C1. The zero-order valence-electron chi connectivity index (χ0n) is 13.4. The summed E-state index contributed by atoms with van der Waals surface area (Å²) in [6.07, 6.45) is 2.86. The fourth-order valence-electron chi connectivity index (χ4n) is 2.68. The van der Waals surface area contributed by atoms with Crippen LogP contribution in [0.3, 0.4) is 0 Å². The second-order valence-electron chi connectivity index (χ2n) is 6.88. The maximum atomic E-state index is 11.7. The van der Waals surface area contributed by atoms with Crippen molar-refractivity contribution in [3.63, 3.8) is 0 Å². The van der Waals surface area contributed by atoms with E-state index in [1.54, 1.807) is 0 Å². The summed E-state index contributed by atoms with van der Waals surface area (Å²) in [4.78, 5) is 0. The molecule has 20 heavy (non-hydrogen) atoms. The summed E-state index contributed by atoms with van der Waals surface area (Å²) >= 11 is 0. The van der Waals surface area contributed by atoms with Crippen molar-refractivity contribution < 1.29 is 13.2 Å². The molecule has 2 unspecified atom stereocenters. The Morgan fingerprint density at radius 1 is 1.35 bits per heavy atom. The van der Waals surface area contributed by atoms with Crippen molar-refractivity contribution in [2.24, 2.45) is 11.8 Å². The largest absolute Gasteiger partial charge is 0.376 e.